The molecule has 1 N–H and O–H groups in total. The third kappa shape index (κ3) is 3.36. The molecule has 0 amide bonds. The lowest BCUT2D eigenvalue weighted by molar-refractivity contribution is -0.145. The summed E-state index contributed by atoms with van der Waals surface area (Å²) < 4.78 is 19.2. The molecule has 1 aromatic rings. The van der Waals surface area contributed by atoms with E-state index >= 15 is 0 Å². The molecule has 1 rings (SSSR count). The average Bonchev–Trinajstić information content (AvgIpc) is 2.42. The minimum atomic E-state index is -1.23. The number of carboxylic acids is 1. The summed E-state index contributed by atoms with van der Waals surface area (Å²) in [6.07, 6.45) is 0.143. The van der Waals surface area contributed by atoms with E-state index < -0.39 is 17.2 Å². The van der Waals surface area contributed by atoms with E-state index in [0.29, 0.717) is 12.2 Å². The zero-order valence-electron chi connectivity index (χ0n) is 12.9. The highest BCUT2D eigenvalue weighted by molar-refractivity contribution is 5.82. The van der Waals surface area contributed by atoms with Crippen molar-refractivity contribution in [2.45, 2.75) is 39.5 Å². The van der Waals surface area contributed by atoms with Gasteiger partial charge in [0.15, 0.2) is 11.6 Å². The summed E-state index contributed by atoms with van der Waals surface area (Å²) in [7, 11) is 0. The normalized spacial score (nSPS) is 13.2. The van der Waals surface area contributed by atoms with Gasteiger partial charge in [-0.2, -0.15) is 0 Å². The van der Waals surface area contributed by atoms with Gasteiger partial charge in [0.05, 0.1) is 6.61 Å². The van der Waals surface area contributed by atoms with Crippen molar-refractivity contribution in [2.24, 2.45) is 5.92 Å². The molecule has 1 aromatic carbocycles. The predicted octanol–water partition coefficient (Wildman–Crippen LogP) is 3.62. The van der Waals surface area contributed by atoms with E-state index in [1.54, 1.807) is 33.8 Å². The van der Waals surface area contributed by atoms with Crippen molar-refractivity contribution in [3.8, 4) is 17.6 Å². The van der Waals surface area contributed by atoms with Crippen LogP contribution in [-0.4, -0.2) is 17.7 Å². The molecule has 0 spiro atoms. The number of benzene rings is 1. The van der Waals surface area contributed by atoms with Crippen molar-refractivity contribution in [1.82, 2.24) is 0 Å². The SMILES string of the molecule is CC#CCC(C(=O)O)(c1ccc(OCC)c(F)c1)C(C)C. The number of carboxylic acid groups (broad SMARTS) is 1. The summed E-state index contributed by atoms with van der Waals surface area (Å²) in [6, 6.07) is 4.34. The number of hydrogen-bond donors (Lipinski definition) is 1. The molecular weight excluding hydrogens is 271 g/mol. The highest BCUT2D eigenvalue weighted by Crippen LogP contribution is 2.37. The van der Waals surface area contributed by atoms with Crippen LogP contribution in [0.1, 0.15) is 39.7 Å². The van der Waals surface area contributed by atoms with E-state index in [1.807, 2.05) is 0 Å². The van der Waals surface area contributed by atoms with E-state index in [0.717, 1.165) is 0 Å². The first kappa shape index (κ1) is 17.0. The Balaban J connectivity index is 3.40. The van der Waals surface area contributed by atoms with Crippen molar-refractivity contribution in [2.75, 3.05) is 6.61 Å². The predicted molar refractivity (Wildman–Crippen MR) is 79.8 cm³/mol. The molecule has 0 bridgehead atoms. The molecule has 0 aliphatic heterocycles. The second-order valence-corrected chi connectivity index (χ2v) is 5.11. The van der Waals surface area contributed by atoms with Crippen LogP contribution in [0.2, 0.25) is 0 Å². The van der Waals surface area contributed by atoms with Gasteiger partial charge >= 0.3 is 5.97 Å². The Labute approximate surface area is 125 Å². The van der Waals surface area contributed by atoms with Gasteiger partial charge in [0.25, 0.3) is 0 Å². The molecule has 0 heterocycles. The molecule has 1 unspecified atom stereocenters. The number of aliphatic carboxylic acids is 1. The minimum absolute atomic E-state index is 0.130. The molecule has 0 aromatic heterocycles. The molecule has 0 fully saturated rings. The van der Waals surface area contributed by atoms with Crippen LogP contribution in [0.15, 0.2) is 18.2 Å². The van der Waals surface area contributed by atoms with Crippen molar-refractivity contribution in [1.29, 1.82) is 0 Å². The molecule has 0 aliphatic carbocycles. The van der Waals surface area contributed by atoms with Crippen molar-refractivity contribution >= 4 is 5.97 Å². The van der Waals surface area contributed by atoms with Gasteiger partial charge in [0, 0.05) is 6.42 Å². The fraction of sp³-hybridized carbons (Fsp3) is 0.471. The fourth-order valence-corrected chi connectivity index (χ4v) is 2.36. The van der Waals surface area contributed by atoms with Crippen LogP contribution in [0.25, 0.3) is 0 Å². The standard InChI is InChI=1S/C17H21FO3/c1-5-7-10-17(12(3)4,16(19)20)13-8-9-15(21-6-2)14(18)11-13/h8-9,11-12H,6,10H2,1-4H3,(H,19,20). The van der Waals surface area contributed by atoms with Gasteiger partial charge in [0.1, 0.15) is 5.41 Å². The molecule has 0 saturated heterocycles. The average molecular weight is 292 g/mol. The Morgan fingerprint density at radius 2 is 2.14 bits per heavy atom. The summed E-state index contributed by atoms with van der Waals surface area (Å²) >= 11 is 0. The summed E-state index contributed by atoms with van der Waals surface area (Å²) in [4.78, 5) is 11.9. The number of rotatable bonds is 6. The largest absolute Gasteiger partial charge is 0.491 e. The van der Waals surface area contributed by atoms with Crippen LogP contribution in [0.3, 0.4) is 0 Å². The van der Waals surface area contributed by atoms with Gasteiger partial charge in [-0.25, -0.2) is 4.39 Å². The Kier molecular flexibility index (Phi) is 5.78. The van der Waals surface area contributed by atoms with Gasteiger partial charge in [-0.3, -0.25) is 4.79 Å². The van der Waals surface area contributed by atoms with Gasteiger partial charge < -0.3 is 9.84 Å². The van der Waals surface area contributed by atoms with Gasteiger partial charge in [0.2, 0.25) is 0 Å². The number of halogens is 1. The van der Waals surface area contributed by atoms with Crippen LogP contribution in [-0.2, 0) is 10.2 Å². The van der Waals surface area contributed by atoms with Crippen LogP contribution in [0, 0.1) is 23.6 Å². The molecule has 114 valence electrons. The highest BCUT2D eigenvalue weighted by Gasteiger charge is 2.43. The van der Waals surface area contributed by atoms with Crippen LogP contribution < -0.4 is 4.74 Å². The first-order valence-electron chi connectivity index (χ1n) is 6.96. The van der Waals surface area contributed by atoms with Crippen LogP contribution >= 0.6 is 0 Å². The molecule has 1 atom stereocenters. The van der Waals surface area contributed by atoms with Gasteiger partial charge in [-0.1, -0.05) is 19.9 Å². The highest BCUT2D eigenvalue weighted by atomic mass is 19.1. The summed E-state index contributed by atoms with van der Waals surface area (Å²) in [5.41, 5.74) is -0.817. The molecule has 0 aliphatic rings. The maximum Gasteiger partial charge on any atom is 0.315 e. The zero-order valence-corrected chi connectivity index (χ0v) is 12.9. The lowest BCUT2D eigenvalue weighted by atomic mass is 9.69. The van der Waals surface area contributed by atoms with E-state index in [4.69, 9.17) is 4.74 Å². The third-order valence-electron chi connectivity index (χ3n) is 3.66. The Morgan fingerprint density at radius 3 is 2.57 bits per heavy atom. The maximum absolute atomic E-state index is 14.1. The lowest BCUT2D eigenvalue weighted by Crippen LogP contribution is -2.40. The summed E-state index contributed by atoms with van der Waals surface area (Å²) in [5.74, 6) is 3.90. The van der Waals surface area contributed by atoms with Crippen molar-refractivity contribution in [3.63, 3.8) is 0 Å². The maximum atomic E-state index is 14.1. The lowest BCUT2D eigenvalue weighted by Gasteiger charge is -2.32. The van der Waals surface area contributed by atoms with Gasteiger partial charge in [-0.05, 0) is 37.5 Å². The van der Waals surface area contributed by atoms with Gasteiger partial charge in [-0.15, -0.1) is 11.8 Å². The smallest absolute Gasteiger partial charge is 0.315 e. The Hall–Kier alpha value is -2.02. The molecular formula is C17H21FO3. The molecule has 0 saturated carbocycles. The molecule has 21 heavy (non-hydrogen) atoms. The third-order valence-corrected chi connectivity index (χ3v) is 3.66. The van der Waals surface area contributed by atoms with Crippen molar-refractivity contribution < 1.29 is 19.0 Å². The number of carbonyl (C=O) groups is 1. The molecule has 0 radical (unpaired) electrons. The molecule has 4 heteroatoms. The van der Waals surface area contributed by atoms with Crippen molar-refractivity contribution in [3.05, 3.63) is 29.6 Å². The number of hydrogen-bond acceptors (Lipinski definition) is 2. The Bertz CT molecular complexity index is 569. The van der Waals surface area contributed by atoms with Crippen LogP contribution in [0.4, 0.5) is 4.39 Å². The van der Waals surface area contributed by atoms with E-state index in [1.165, 1.54) is 12.1 Å². The Morgan fingerprint density at radius 1 is 1.48 bits per heavy atom. The van der Waals surface area contributed by atoms with E-state index in [-0.39, 0.29) is 18.1 Å². The first-order chi connectivity index (χ1) is 9.90. The zero-order chi connectivity index (χ0) is 16.0. The van der Waals surface area contributed by atoms with E-state index in [9.17, 15) is 14.3 Å². The minimum Gasteiger partial charge on any atom is -0.491 e. The topological polar surface area (TPSA) is 46.5 Å². The molecule has 3 nitrogen and oxygen atoms in total. The number of ether oxygens (including phenoxy) is 1. The second-order valence-electron chi connectivity index (χ2n) is 5.11. The first-order valence-corrected chi connectivity index (χ1v) is 6.96. The quantitative estimate of drug-likeness (QED) is 0.815. The van der Waals surface area contributed by atoms with Crippen LogP contribution in [0.5, 0.6) is 5.75 Å². The fourth-order valence-electron chi connectivity index (χ4n) is 2.36. The second kappa shape index (κ2) is 7.12. The monoisotopic (exact) mass is 292 g/mol. The summed E-state index contributed by atoms with van der Waals surface area (Å²) in [5, 5.41) is 9.72. The van der Waals surface area contributed by atoms with E-state index in [2.05, 4.69) is 11.8 Å². The summed E-state index contributed by atoms with van der Waals surface area (Å²) in [6.45, 7) is 7.39.